The average Bonchev–Trinajstić information content (AvgIpc) is 3.54. The number of methoxy groups -OCH3 is 1. The number of anilines is 1. The Hall–Kier alpha value is -5.07. The molecule has 2 fully saturated rings. The van der Waals surface area contributed by atoms with Crippen LogP contribution in [0.1, 0.15) is 48.0 Å². The number of carbonyl (C=O) groups is 2. The summed E-state index contributed by atoms with van der Waals surface area (Å²) in [6, 6.07) is 6.61. The van der Waals surface area contributed by atoms with Crippen molar-refractivity contribution in [2.45, 2.75) is 77.4 Å². The highest BCUT2D eigenvalue weighted by atomic mass is 35.5. The van der Waals surface area contributed by atoms with Crippen LogP contribution in [-0.4, -0.2) is 113 Å². The molecule has 6 rings (SSSR count). The molecule has 292 valence electrons. The Balaban J connectivity index is 1.42. The van der Waals surface area contributed by atoms with E-state index in [0.717, 1.165) is 0 Å². The fourth-order valence-electron chi connectivity index (χ4n) is 6.81. The number of amides is 2. The van der Waals surface area contributed by atoms with E-state index < -0.39 is 47.1 Å². The van der Waals surface area contributed by atoms with Gasteiger partial charge in [-0.1, -0.05) is 35.9 Å². The Labute approximate surface area is 323 Å². The van der Waals surface area contributed by atoms with Crippen LogP contribution in [0.25, 0.3) is 37.8 Å². The normalized spacial score (nSPS) is 19.1. The van der Waals surface area contributed by atoms with Gasteiger partial charge in [-0.05, 0) is 59.4 Å². The largest absolute Gasteiger partial charge is 0.461 e. The van der Waals surface area contributed by atoms with E-state index in [4.69, 9.17) is 42.1 Å². The van der Waals surface area contributed by atoms with E-state index in [1.54, 1.807) is 72.9 Å². The van der Waals surface area contributed by atoms with E-state index in [1.807, 2.05) is 4.90 Å². The molecule has 2 aliphatic heterocycles. The molecule has 2 amide bonds. The third-order valence-corrected chi connectivity index (χ3v) is 9.66. The van der Waals surface area contributed by atoms with Crippen LogP contribution in [0, 0.1) is 18.2 Å². The predicted octanol–water partition coefficient (Wildman–Crippen LogP) is 7.52. The Morgan fingerprint density at radius 3 is 2.35 bits per heavy atom. The molecule has 55 heavy (non-hydrogen) atoms. The molecule has 13 nitrogen and oxygen atoms in total. The number of likely N-dealkylation sites (tertiary alicyclic amines) is 1. The van der Waals surface area contributed by atoms with Crippen molar-refractivity contribution in [3.05, 3.63) is 64.6 Å². The van der Waals surface area contributed by atoms with Crippen LogP contribution < -0.4 is 9.64 Å². The zero-order valence-corrected chi connectivity index (χ0v) is 32.6. The number of hydrogen-bond donors (Lipinski definition) is 0. The van der Waals surface area contributed by atoms with Gasteiger partial charge in [0.15, 0.2) is 5.82 Å². The van der Waals surface area contributed by atoms with Crippen LogP contribution in [0.2, 0.25) is 5.02 Å². The van der Waals surface area contributed by atoms with Crippen molar-refractivity contribution >= 4 is 51.3 Å². The number of piperazine rings is 1. The predicted molar refractivity (Wildman–Crippen MR) is 203 cm³/mol. The van der Waals surface area contributed by atoms with Crippen LogP contribution in [0.15, 0.2) is 36.5 Å². The molecular formula is C39H44ClF2N7O6. The van der Waals surface area contributed by atoms with Crippen molar-refractivity contribution in [3.63, 3.8) is 0 Å². The molecule has 0 aliphatic carbocycles. The Kier molecular flexibility index (Phi) is 11.2. The zero-order chi connectivity index (χ0) is 39.8. The molecule has 2 aromatic carbocycles. The molecule has 2 aliphatic rings. The number of nitrogens with zero attached hydrogens (tertiary/aromatic N) is 7. The molecule has 0 N–H and O–H groups in total. The highest BCUT2D eigenvalue weighted by molar-refractivity contribution is 6.36. The van der Waals surface area contributed by atoms with Gasteiger partial charge in [-0.25, -0.2) is 24.9 Å². The molecule has 4 heterocycles. The third-order valence-electron chi connectivity index (χ3n) is 9.29. The van der Waals surface area contributed by atoms with Crippen LogP contribution in [-0.2, 0) is 14.2 Å². The quantitative estimate of drug-likeness (QED) is 0.174. The number of rotatable bonds is 7. The standard InChI is InChI=1S/C39H44ClF2N7O6/c1-38(2,3)54-36(50)48-15-14-47(19-24(48)17-43-7)34-27-18-44-32(26-11-9-10-22-12-13-28(41)30(40)29(22)26)31(42)33(27)45-35(46-34)53-21-23-16-25(52-8)20-49(23)37(51)55-39(4,5)6/h9-13,18,23-25H,14-17,19-21H2,1-6,8H3/t23-,24-,25+/m0/s1. The van der Waals surface area contributed by atoms with Crippen LogP contribution >= 0.6 is 11.6 Å². The van der Waals surface area contributed by atoms with Crippen LogP contribution in [0.3, 0.4) is 0 Å². The van der Waals surface area contributed by atoms with Gasteiger partial charge < -0.3 is 28.7 Å². The maximum absolute atomic E-state index is 17.0. The number of ether oxygens (including phenoxy) is 4. The summed E-state index contributed by atoms with van der Waals surface area (Å²) < 4.78 is 54.7. The van der Waals surface area contributed by atoms with Crippen molar-refractivity contribution in [3.8, 4) is 17.3 Å². The van der Waals surface area contributed by atoms with E-state index in [2.05, 4.69) is 14.8 Å². The first-order valence-electron chi connectivity index (χ1n) is 17.9. The summed E-state index contributed by atoms with van der Waals surface area (Å²) in [7, 11) is 1.57. The molecule has 0 saturated carbocycles. The van der Waals surface area contributed by atoms with E-state index in [0.29, 0.717) is 11.8 Å². The van der Waals surface area contributed by atoms with Gasteiger partial charge in [-0.2, -0.15) is 9.97 Å². The topological polar surface area (TPSA) is 124 Å². The molecule has 0 spiro atoms. The molecule has 0 bridgehead atoms. The Morgan fingerprint density at radius 1 is 0.964 bits per heavy atom. The second-order valence-corrected chi connectivity index (χ2v) is 16.0. The van der Waals surface area contributed by atoms with Gasteiger partial charge in [-0.15, -0.1) is 0 Å². The summed E-state index contributed by atoms with van der Waals surface area (Å²) in [5.74, 6) is -1.21. The maximum atomic E-state index is 17.0. The summed E-state index contributed by atoms with van der Waals surface area (Å²) in [4.78, 5) is 48.6. The van der Waals surface area contributed by atoms with E-state index in [-0.39, 0.29) is 89.8 Å². The van der Waals surface area contributed by atoms with E-state index in [9.17, 15) is 14.0 Å². The van der Waals surface area contributed by atoms with E-state index in [1.165, 1.54) is 22.1 Å². The van der Waals surface area contributed by atoms with Crippen molar-refractivity contribution in [2.24, 2.45) is 0 Å². The first-order chi connectivity index (χ1) is 26.0. The van der Waals surface area contributed by atoms with Crippen LogP contribution in [0.5, 0.6) is 6.01 Å². The van der Waals surface area contributed by atoms with Crippen molar-refractivity contribution in [1.29, 1.82) is 0 Å². The fraction of sp³-hybridized carbons (Fsp3) is 0.487. The minimum absolute atomic E-state index is 0.0138. The molecule has 16 heteroatoms. The van der Waals surface area contributed by atoms with Crippen LogP contribution in [0.4, 0.5) is 24.2 Å². The first kappa shape index (κ1) is 39.6. The van der Waals surface area contributed by atoms with Gasteiger partial charge in [-0.3, -0.25) is 14.8 Å². The summed E-state index contributed by atoms with van der Waals surface area (Å²) in [6.07, 6.45) is 0.551. The second kappa shape index (κ2) is 15.6. The van der Waals surface area contributed by atoms with E-state index >= 15 is 4.39 Å². The number of fused-ring (bicyclic) bond motifs is 2. The molecule has 2 aromatic heterocycles. The van der Waals surface area contributed by atoms with Gasteiger partial charge in [0.05, 0.1) is 29.1 Å². The van der Waals surface area contributed by atoms with Gasteiger partial charge in [0, 0.05) is 43.9 Å². The summed E-state index contributed by atoms with van der Waals surface area (Å²) in [5.41, 5.74) is -1.45. The lowest BCUT2D eigenvalue weighted by atomic mass is 10.0. The lowest BCUT2D eigenvalue weighted by Crippen LogP contribution is -2.57. The van der Waals surface area contributed by atoms with Gasteiger partial charge in [0.1, 0.15) is 46.7 Å². The summed E-state index contributed by atoms with van der Waals surface area (Å²) in [6.45, 7) is 19.1. The second-order valence-electron chi connectivity index (χ2n) is 15.6. The molecule has 2 saturated heterocycles. The fourth-order valence-corrected chi connectivity index (χ4v) is 7.08. The monoisotopic (exact) mass is 779 g/mol. The number of aromatic nitrogens is 3. The minimum atomic E-state index is -0.820. The van der Waals surface area contributed by atoms with Crippen molar-refractivity contribution in [2.75, 3.05) is 51.3 Å². The molecule has 0 unspecified atom stereocenters. The third kappa shape index (κ3) is 8.60. The minimum Gasteiger partial charge on any atom is -0.461 e. The lowest BCUT2D eigenvalue weighted by Gasteiger charge is -2.40. The molecular weight excluding hydrogens is 736 g/mol. The smallest absolute Gasteiger partial charge is 0.410 e. The SMILES string of the molecule is [C-]#[N+]C[C@H]1CN(c2nc(OC[C@@H]3C[C@@H](OC)CN3C(=O)OC(C)(C)C)nc3c(F)c(-c4cccc5ccc(F)c(Cl)c45)ncc23)CCN1C(=O)OC(C)(C)C. The van der Waals surface area contributed by atoms with Gasteiger partial charge in [0.2, 0.25) is 6.54 Å². The first-order valence-corrected chi connectivity index (χ1v) is 18.3. The number of pyridine rings is 1. The highest BCUT2D eigenvalue weighted by Crippen LogP contribution is 2.39. The average molecular weight is 780 g/mol. The van der Waals surface area contributed by atoms with Crippen molar-refractivity contribution in [1.82, 2.24) is 24.8 Å². The molecule has 0 radical (unpaired) electrons. The number of carbonyl (C=O) groups excluding carboxylic acids is 2. The molecule has 4 aromatic rings. The number of benzene rings is 2. The molecule has 3 atom stereocenters. The number of hydrogen-bond acceptors (Lipinski definition) is 10. The van der Waals surface area contributed by atoms with Gasteiger partial charge >= 0.3 is 18.2 Å². The summed E-state index contributed by atoms with van der Waals surface area (Å²) in [5, 5.41) is 0.953. The van der Waals surface area contributed by atoms with Gasteiger partial charge in [0.25, 0.3) is 0 Å². The van der Waals surface area contributed by atoms with Crippen molar-refractivity contribution < 1.29 is 37.3 Å². The Morgan fingerprint density at radius 2 is 1.67 bits per heavy atom. The number of halogens is 3. The highest BCUT2D eigenvalue weighted by Gasteiger charge is 2.39. The zero-order valence-electron chi connectivity index (χ0n) is 31.9. The maximum Gasteiger partial charge on any atom is 0.410 e. The lowest BCUT2D eigenvalue weighted by molar-refractivity contribution is 0.0150. The Bertz CT molecular complexity index is 2150. The summed E-state index contributed by atoms with van der Waals surface area (Å²) >= 11 is 6.42.